The van der Waals surface area contributed by atoms with Crippen molar-refractivity contribution in [2.75, 3.05) is 17.2 Å². The SMILES string of the molecule is CCNc1nc(Nc2ccc(OC(F)(F)F)c(Cl)c2)cc(-c2cccnc2)n1. The van der Waals surface area contributed by atoms with Gasteiger partial charge in [-0.2, -0.15) is 4.98 Å². The number of pyridine rings is 1. The second kappa shape index (κ2) is 8.30. The minimum Gasteiger partial charge on any atom is -0.404 e. The van der Waals surface area contributed by atoms with E-state index in [0.29, 0.717) is 29.7 Å². The first-order valence-electron chi connectivity index (χ1n) is 8.20. The van der Waals surface area contributed by atoms with Crippen LogP contribution in [0.2, 0.25) is 5.02 Å². The molecule has 0 atom stereocenters. The number of aromatic nitrogens is 3. The lowest BCUT2D eigenvalue weighted by atomic mass is 10.2. The molecule has 0 aliphatic carbocycles. The molecular formula is C18H15ClF3N5O. The van der Waals surface area contributed by atoms with Gasteiger partial charge >= 0.3 is 6.36 Å². The Morgan fingerprint density at radius 1 is 1.14 bits per heavy atom. The largest absolute Gasteiger partial charge is 0.573 e. The molecule has 10 heteroatoms. The lowest BCUT2D eigenvalue weighted by Crippen LogP contribution is -2.17. The van der Waals surface area contributed by atoms with Gasteiger partial charge in [-0.3, -0.25) is 4.98 Å². The number of halogens is 4. The van der Waals surface area contributed by atoms with Crippen molar-refractivity contribution in [3.8, 4) is 17.0 Å². The fourth-order valence-electron chi connectivity index (χ4n) is 2.34. The van der Waals surface area contributed by atoms with E-state index < -0.39 is 12.1 Å². The highest BCUT2D eigenvalue weighted by Crippen LogP contribution is 2.33. The number of anilines is 3. The Kier molecular flexibility index (Phi) is 5.84. The number of nitrogens with one attached hydrogen (secondary N) is 2. The highest BCUT2D eigenvalue weighted by atomic mass is 35.5. The zero-order valence-electron chi connectivity index (χ0n) is 14.6. The Morgan fingerprint density at radius 3 is 2.61 bits per heavy atom. The van der Waals surface area contributed by atoms with Gasteiger partial charge in [0.15, 0.2) is 0 Å². The summed E-state index contributed by atoms with van der Waals surface area (Å²) >= 11 is 5.89. The van der Waals surface area contributed by atoms with Gasteiger partial charge in [0, 0.05) is 36.3 Å². The van der Waals surface area contributed by atoms with E-state index in [9.17, 15) is 13.2 Å². The Labute approximate surface area is 163 Å². The number of hydrogen-bond donors (Lipinski definition) is 2. The van der Waals surface area contributed by atoms with Crippen LogP contribution in [0.3, 0.4) is 0 Å². The third-order valence-corrected chi connectivity index (χ3v) is 3.74. The molecule has 0 bridgehead atoms. The molecule has 2 N–H and O–H groups in total. The Balaban J connectivity index is 1.89. The van der Waals surface area contributed by atoms with Crippen LogP contribution in [0.5, 0.6) is 5.75 Å². The van der Waals surface area contributed by atoms with Crippen molar-refractivity contribution >= 4 is 29.1 Å². The second-order valence-corrected chi connectivity index (χ2v) is 5.96. The molecule has 3 aromatic rings. The van der Waals surface area contributed by atoms with E-state index in [2.05, 4.69) is 30.3 Å². The van der Waals surface area contributed by atoms with Crippen LogP contribution in [0.15, 0.2) is 48.8 Å². The maximum atomic E-state index is 12.4. The fraction of sp³-hybridized carbons (Fsp3) is 0.167. The topological polar surface area (TPSA) is 72.0 Å². The quantitative estimate of drug-likeness (QED) is 0.578. The molecule has 0 spiro atoms. The van der Waals surface area contributed by atoms with Gasteiger partial charge in [-0.05, 0) is 37.3 Å². The summed E-state index contributed by atoms with van der Waals surface area (Å²) < 4.78 is 41.0. The molecule has 1 aromatic carbocycles. The summed E-state index contributed by atoms with van der Waals surface area (Å²) in [5, 5.41) is 5.86. The van der Waals surface area contributed by atoms with Gasteiger partial charge in [-0.15, -0.1) is 13.2 Å². The summed E-state index contributed by atoms with van der Waals surface area (Å²) in [6, 6.07) is 9.21. The van der Waals surface area contributed by atoms with E-state index in [0.717, 1.165) is 11.6 Å². The summed E-state index contributed by atoms with van der Waals surface area (Å²) in [6.07, 6.45) is -1.49. The highest BCUT2D eigenvalue weighted by molar-refractivity contribution is 6.32. The predicted octanol–water partition coefficient (Wildman–Crippen LogP) is 5.27. The first kappa shape index (κ1) is 19.7. The molecule has 6 nitrogen and oxygen atoms in total. The molecule has 2 aromatic heterocycles. The van der Waals surface area contributed by atoms with Crippen molar-refractivity contribution in [1.82, 2.24) is 15.0 Å². The first-order chi connectivity index (χ1) is 13.3. The molecule has 0 saturated heterocycles. The Bertz CT molecular complexity index is 954. The van der Waals surface area contributed by atoms with E-state index in [4.69, 9.17) is 11.6 Å². The molecule has 0 aliphatic rings. The zero-order chi connectivity index (χ0) is 20.1. The standard InChI is InChI=1S/C18H15ClF3N5O/c1-2-24-17-26-14(11-4-3-7-23-10-11)9-16(27-17)25-12-5-6-15(13(19)8-12)28-18(20,21)22/h3-10H,2H2,1H3,(H2,24,25,26,27). The summed E-state index contributed by atoms with van der Waals surface area (Å²) in [6.45, 7) is 2.53. The summed E-state index contributed by atoms with van der Waals surface area (Å²) in [7, 11) is 0. The van der Waals surface area contributed by atoms with Crippen LogP contribution in [0, 0.1) is 0 Å². The van der Waals surface area contributed by atoms with Crippen LogP contribution in [-0.2, 0) is 0 Å². The molecule has 0 aliphatic heterocycles. The van der Waals surface area contributed by atoms with E-state index in [1.807, 2.05) is 13.0 Å². The van der Waals surface area contributed by atoms with Crippen molar-refractivity contribution < 1.29 is 17.9 Å². The van der Waals surface area contributed by atoms with Crippen LogP contribution in [0.25, 0.3) is 11.3 Å². The fourth-order valence-corrected chi connectivity index (χ4v) is 2.56. The van der Waals surface area contributed by atoms with Crippen LogP contribution in [-0.4, -0.2) is 27.9 Å². The second-order valence-electron chi connectivity index (χ2n) is 5.55. The molecule has 146 valence electrons. The van der Waals surface area contributed by atoms with E-state index >= 15 is 0 Å². The number of nitrogens with zero attached hydrogens (tertiary/aromatic N) is 3. The molecule has 2 heterocycles. The maximum absolute atomic E-state index is 12.4. The van der Waals surface area contributed by atoms with Crippen LogP contribution < -0.4 is 15.4 Å². The lowest BCUT2D eigenvalue weighted by molar-refractivity contribution is -0.274. The van der Waals surface area contributed by atoms with Crippen LogP contribution >= 0.6 is 11.6 Å². The van der Waals surface area contributed by atoms with Gasteiger partial charge < -0.3 is 15.4 Å². The highest BCUT2D eigenvalue weighted by Gasteiger charge is 2.32. The monoisotopic (exact) mass is 409 g/mol. The number of hydrogen-bond acceptors (Lipinski definition) is 6. The van der Waals surface area contributed by atoms with Gasteiger partial charge in [0.1, 0.15) is 11.6 Å². The predicted molar refractivity (Wildman–Crippen MR) is 101 cm³/mol. The first-order valence-corrected chi connectivity index (χ1v) is 8.57. The molecule has 3 rings (SSSR count). The lowest BCUT2D eigenvalue weighted by Gasteiger charge is -2.13. The van der Waals surface area contributed by atoms with Gasteiger partial charge in [-0.25, -0.2) is 4.98 Å². The average molecular weight is 410 g/mol. The Hall–Kier alpha value is -3.07. The molecule has 0 radical (unpaired) electrons. The molecule has 0 amide bonds. The molecule has 0 unspecified atom stereocenters. The third-order valence-electron chi connectivity index (χ3n) is 3.45. The Morgan fingerprint density at radius 2 is 1.96 bits per heavy atom. The minimum atomic E-state index is -4.81. The van der Waals surface area contributed by atoms with Crippen molar-refractivity contribution in [2.24, 2.45) is 0 Å². The average Bonchev–Trinajstić information content (AvgIpc) is 2.64. The number of rotatable bonds is 6. The smallest absolute Gasteiger partial charge is 0.404 e. The van der Waals surface area contributed by atoms with Crippen molar-refractivity contribution in [3.63, 3.8) is 0 Å². The molecule has 28 heavy (non-hydrogen) atoms. The molecule has 0 saturated carbocycles. The summed E-state index contributed by atoms with van der Waals surface area (Å²) in [5.41, 5.74) is 1.86. The van der Waals surface area contributed by atoms with Gasteiger partial charge in [0.2, 0.25) is 5.95 Å². The molecule has 0 fully saturated rings. The van der Waals surface area contributed by atoms with E-state index in [-0.39, 0.29) is 5.02 Å². The van der Waals surface area contributed by atoms with Crippen LogP contribution in [0.4, 0.5) is 30.6 Å². The van der Waals surface area contributed by atoms with E-state index in [1.165, 1.54) is 12.1 Å². The normalized spacial score (nSPS) is 11.2. The summed E-state index contributed by atoms with van der Waals surface area (Å²) in [5.74, 6) is 0.353. The van der Waals surface area contributed by atoms with Crippen molar-refractivity contribution in [2.45, 2.75) is 13.3 Å². The van der Waals surface area contributed by atoms with Gasteiger partial charge in [0.05, 0.1) is 10.7 Å². The third kappa shape index (κ3) is 5.23. The number of benzene rings is 1. The van der Waals surface area contributed by atoms with Crippen molar-refractivity contribution in [3.05, 3.63) is 53.8 Å². The van der Waals surface area contributed by atoms with E-state index in [1.54, 1.807) is 24.5 Å². The number of ether oxygens (including phenoxy) is 1. The van der Waals surface area contributed by atoms with Gasteiger partial charge in [-0.1, -0.05) is 11.6 Å². The number of alkyl halides is 3. The van der Waals surface area contributed by atoms with Crippen LogP contribution in [0.1, 0.15) is 6.92 Å². The maximum Gasteiger partial charge on any atom is 0.573 e. The summed E-state index contributed by atoms with van der Waals surface area (Å²) in [4.78, 5) is 12.9. The van der Waals surface area contributed by atoms with Crippen molar-refractivity contribution in [1.29, 1.82) is 0 Å². The zero-order valence-corrected chi connectivity index (χ0v) is 15.3. The van der Waals surface area contributed by atoms with Gasteiger partial charge in [0.25, 0.3) is 0 Å². The minimum absolute atomic E-state index is 0.184. The molecular weight excluding hydrogens is 395 g/mol.